The number of esters is 1. The third-order valence-electron chi connectivity index (χ3n) is 2.63. The Labute approximate surface area is 123 Å². The normalized spacial score (nSPS) is 11.7. The number of ether oxygens (including phenoxy) is 2. The highest BCUT2D eigenvalue weighted by molar-refractivity contribution is 6.18. The van der Waals surface area contributed by atoms with Gasteiger partial charge in [0.15, 0.2) is 0 Å². The summed E-state index contributed by atoms with van der Waals surface area (Å²) < 4.78 is 10.8. The van der Waals surface area contributed by atoms with Crippen molar-refractivity contribution >= 4 is 17.6 Å². The number of carbonyl (C=O) groups excluding carboxylic acids is 1. The van der Waals surface area contributed by atoms with Crippen LogP contribution in [0.4, 0.5) is 0 Å². The lowest BCUT2D eigenvalue weighted by Gasteiger charge is -2.16. The SMILES string of the molecule is O=C(OC(CCl)COc1ccccc1)c1ccccc1. The van der Waals surface area contributed by atoms with Crippen molar-refractivity contribution in [1.29, 1.82) is 0 Å². The minimum absolute atomic E-state index is 0.186. The van der Waals surface area contributed by atoms with Gasteiger partial charge in [-0.3, -0.25) is 0 Å². The quantitative estimate of drug-likeness (QED) is 0.603. The largest absolute Gasteiger partial charge is 0.490 e. The molecule has 2 aromatic carbocycles. The van der Waals surface area contributed by atoms with E-state index in [-0.39, 0.29) is 12.5 Å². The Kier molecular flexibility index (Phi) is 5.44. The lowest BCUT2D eigenvalue weighted by Crippen LogP contribution is -2.26. The molecule has 0 saturated heterocycles. The first-order chi connectivity index (χ1) is 9.79. The number of para-hydroxylation sites is 1. The average molecular weight is 291 g/mol. The van der Waals surface area contributed by atoms with Gasteiger partial charge in [-0.15, -0.1) is 11.6 Å². The van der Waals surface area contributed by atoms with E-state index in [9.17, 15) is 4.79 Å². The molecule has 0 fully saturated rings. The number of hydrogen-bond acceptors (Lipinski definition) is 3. The van der Waals surface area contributed by atoms with Gasteiger partial charge in [0.1, 0.15) is 18.5 Å². The lowest BCUT2D eigenvalue weighted by atomic mass is 10.2. The molecule has 104 valence electrons. The van der Waals surface area contributed by atoms with E-state index in [1.54, 1.807) is 24.3 Å². The van der Waals surface area contributed by atoms with Crippen LogP contribution < -0.4 is 4.74 Å². The summed E-state index contributed by atoms with van der Waals surface area (Å²) in [4.78, 5) is 11.9. The molecule has 0 radical (unpaired) electrons. The molecular formula is C16H15ClO3. The first-order valence-corrected chi connectivity index (χ1v) is 6.83. The van der Waals surface area contributed by atoms with E-state index < -0.39 is 12.1 Å². The zero-order valence-corrected chi connectivity index (χ0v) is 11.6. The molecule has 0 aromatic heterocycles. The van der Waals surface area contributed by atoms with Crippen LogP contribution in [0.25, 0.3) is 0 Å². The summed E-state index contributed by atoms with van der Waals surface area (Å²) in [6, 6.07) is 18.1. The molecule has 1 unspecified atom stereocenters. The molecular weight excluding hydrogens is 276 g/mol. The Bertz CT molecular complexity index is 528. The van der Waals surface area contributed by atoms with E-state index in [4.69, 9.17) is 21.1 Å². The third kappa shape index (κ3) is 4.28. The van der Waals surface area contributed by atoms with Gasteiger partial charge in [0, 0.05) is 0 Å². The highest BCUT2D eigenvalue weighted by Crippen LogP contribution is 2.11. The van der Waals surface area contributed by atoms with Gasteiger partial charge in [0.2, 0.25) is 0 Å². The van der Waals surface area contributed by atoms with Gasteiger partial charge in [-0.25, -0.2) is 4.79 Å². The van der Waals surface area contributed by atoms with Crippen LogP contribution in [0.15, 0.2) is 60.7 Å². The zero-order chi connectivity index (χ0) is 14.2. The molecule has 2 rings (SSSR count). The van der Waals surface area contributed by atoms with E-state index >= 15 is 0 Å². The second kappa shape index (κ2) is 7.56. The van der Waals surface area contributed by atoms with Gasteiger partial charge in [0.05, 0.1) is 11.4 Å². The van der Waals surface area contributed by atoms with Crippen molar-refractivity contribution in [2.75, 3.05) is 12.5 Å². The molecule has 0 spiro atoms. The summed E-state index contributed by atoms with van der Waals surface area (Å²) in [6.45, 7) is 0.228. The number of benzene rings is 2. The molecule has 0 amide bonds. The van der Waals surface area contributed by atoms with Crippen molar-refractivity contribution in [3.63, 3.8) is 0 Å². The molecule has 0 aliphatic heterocycles. The smallest absolute Gasteiger partial charge is 0.338 e. The Morgan fingerprint density at radius 3 is 2.20 bits per heavy atom. The number of carbonyl (C=O) groups is 1. The maximum absolute atomic E-state index is 11.9. The van der Waals surface area contributed by atoms with Crippen molar-refractivity contribution in [3.05, 3.63) is 66.2 Å². The minimum atomic E-state index is -0.482. The van der Waals surface area contributed by atoms with Crippen molar-refractivity contribution in [1.82, 2.24) is 0 Å². The predicted molar refractivity (Wildman–Crippen MR) is 78.3 cm³/mol. The number of rotatable bonds is 6. The molecule has 1 atom stereocenters. The predicted octanol–water partition coefficient (Wildman–Crippen LogP) is 3.53. The van der Waals surface area contributed by atoms with Crippen molar-refractivity contribution in [3.8, 4) is 5.75 Å². The first-order valence-electron chi connectivity index (χ1n) is 6.29. The molecule has 0 aliphatic carbocycles. The molecule has 3 nitrogen and oxygen atoms in total. The van der Waals surface area contributed by atoms with Crippen LogP contribution in [0.3, 0.4) is 0 Å². The first kappa shape index (κ1) is 14.4. The highest BCUT2D eigenvalue weighted by atomic mass is 35.5. The molecule has 0 saturated carbocycles. The van der Waals surface area contributed by atoms with Gasteiger partial charge >= 0.3 is 5.97 Å². The van der Waals surface area contributed by atoms with Gasteiger partial charge in [0.25, 0.3) is 0 Å². The maximum Gasteiger partial charge on any atom is 0.338 e. The third-order valence-corrected chi connectivity index (χ3v) is 2.98. The van der Waals surface area contributed by atoms with Crippen LogP contribution in [-0.2, 0) is 4.74 Å². The Hall–Kier alpha value is -2.00. The Balaban J connectivity index is 1.88. The highest BCUT2D eigenvalue weighted by Gasteiger charge is 2.15. The fourth-order valence-electron chi connectivity index (χ4n) is 1.61. The Morgan fingerprint density at radius 1 is 1.00 bits per heavy atom. The van der Waals surface area contributed by atoms with Crippen molar-refractivity contribution in [2.45, 2.75) is 6.10 Å². The summed E-state index contributed by atoms with van der Waals surface area (Å²) in [5, 5.41) is 0. The van der Waals surface area contributed by atoms with Crippen LogP contribution >= 0.6 is 11.6 Å². The van der Waals surface area contributed by atoms with E-state index in [0.717, 1.165) is 5.75 Å². The summed E-state index contributed by atoms with van der Waals surface area (Å²) >= 11 is 5.81. The molecule has 2 aromatic rings. The van der Waals surface area contributed by atoms with E-state index in [1.807, 2.05) is 36.4 Å². The Morgan fingerprint density at radius 2 is 1.60 bits per heavy atom. The standard InChI is InChI=1S/C16H15ClO3/c17-11-15(12-19-14-9-5-2-6-10-14)20-16(18)13-7-3-1-4-8-13/h1-10,15H,11-12H2. The van der Waals surface area contributed by atoms with E-state index in [0.29, 0.717) is 5.56 Å². The van der Waals surface area contributed by atoms with E-state index in [1.165, 1.54) is 0 Å². The summed E-state index contributed by atoms with van der Waals surface area (Å²) in [5.41, 5.74) is 0.502. The lowest BCUT2D eigenvalue weighted by molar-refractivity contribution is 0.0237. The molecule has 20 heavy (non-hydrogen) atoms. The van der Waals surface area contributed by atoms with Gasteiger partial charge < -0.3 is 9.47 Å². The number of alkyl halides is 1. The van der Waals surface area contributed by atoms with Gasteiger partial charge in [-0.2, -0.15) is 0 Å². The van der Waals surface area contributed by atoms with Crippen LogP contribution in [-0.4, -0.2) is 24.6 Å². The second-order valence-corrected chi connectivity index (χ2v) is 4.48. The molecule has 0 bridgehead atoms. The van der Waals surface area contributed by atoms with Crippen LogP contribution in [0.5, 0.6) is 5.75 Å². The minimum Gasteiger partial charge on any atom is -0.490 e. The zero-order valence-electron chi connectivity index (χ0n) is 10.9. The summed E-state index contributed by atoms with van der Waals surface area (Å²) in [5.74, 6) is 0.511. The number of hydrogen-bond donors (Lipinski definition) is 0. The molecule has 4 heteroatoms. The maximum atomic E-state index is 11.9. The fourth-order valence-corrected chi connectivity index (χ4v) is 1.76. The molecule has 0 N–H and O–H groups in total. The second-order valence-electron chi connectivity index (χ2n) is 4.17. The van der Waals surface area contributed by atoms with E-state index in [2.05, 4.69) is 0 Å². The molecule has 0 aliphatic rings. The van der Waals surface area contributed by atoms with Crippen molar-refractivity contribution in [2.24, 2.45) is 0 Å². The van der Waals surface area contributed by atoms with Gasteiger partial charge in [-0.1, -0.05) is 36.4 Å². The monoisotopic (exact) mass is 290 g/mol. The summed E-state index contributed by atoms with van der Waals surface area (Å²) in [7, 11) is 0. The fraction of sp³-hybridized carbons (Fsp3) is 0.188. The number of halogens is 1. The molecule has 0 heterocycles. The van der Waals surface area contributed by atoms with Crippen molar-refractivity contribution < 1.29 is 14.3 Å². The summed E-state index contributed by atoms with van der Waals surface area (Å²) in [6.07, 6.45) is -0.482. The van der Waals surface area contributed by atoms with Crippen LogP contribution in [0.1, 0.15) is 10.4 Å². The topological polar surface area (TPSA) is 35.5 Å². The van der Waals surface area contributed by atoms with Crippen LogP contribution in [0.2, 0.25) is 0 Å². The van der Waals surface area contributed by atoms with Gasteiger partial charge in [-0.05, 0) is 24.3 Å². The average Bonchev–Trinajstić information content (AvgIpc) is 2.53. The van der Waals surface area contributed by atoms with Crippen LogP contribution in [0, 0.1) is 0 Å².